The number of carbonyl (C=O) groups is 2. The molecule has 0 saturated carbocycles. The molecule has 0 aliphatic heterocycles. The van der Waals surface area contributed by atoms with E-state index < -0.39 is 11.8 Å². The van der Waals surface area contributed by atoms with Crippen LogP contribution in [0.3, 0.4) is 0 Å². The zero-order valence-corrected chi connectivity index (χ0v) is 15.9. The zero-order valence-electron chi connectivity index (χ0n) is 14.3. The van der Waals surface area contributed by atoms with Crippen LogP contribution in [0, 0.1) is 11.7 Å². The molecule has 1 heterocycles. The predicted octanol–water partition coefficient (Wildman–Crippen LogP) is 3.03. The third kappa shape index (κ3) is 4.42. The van der Waals surface area contributed by atoms with E-state index in [0.717, 1.165) is 11.1 Å². The Hall–Kier alpha value is -2.97. The largest absolute Gasteiger partial charge is 0.291 e. The summed E-state index contributed by atoms with van der Waals surface area (Å²) < 4.78 is 1.83. The molecule has 0 atom stereocenters. The van der Waals surface area contributed by atoms with Gasteiger partial charge in [0.05, 0.1) is 0 Å². The Kier molecular flexibility index (Phi) is 5.68. The average Bonchev–Trinajstić information content (AvgIpc) is 3.01. The smallest absolute Gasteiger partial charge is 0.269 e. The molecule has 7 nitrogen and oxygen atoms in total. The molecule has 1 aromatic heterocycles. The van der Waals surface area contributed by atoms with E-state index in [-0.39, 0.29) is 6.54 Å². The van der Waals surface area contributed by atoms with Crippen LogP contribution in [0.4, 0.5) is 0 Å². The first-order chi connectivity index (χ1) is 13.0. The molecule has 0 bridgehead atoms. The molecule has 0 unspecified atom stereocenters. The Morgan fingerprint density at radius 1 is 1.15 bits per heavy atom. The van der Waals surface area contributed by atoms with Gasteiger partial charge in [-0.3, -0.25) is 30.1 Å². The Balaban J connectivity index is 1.69. The van der Waals surface area contributed by atoms with Gasteiger partial charge in [-0.1, -0.05) is 29.8 Å². The number of aromatic nitrogens is 3. The highest BCUT2D eigenvalue weighted by atomic mass is 35.5. The molecule has 2 aromatic carbocycles. The topological polar surface area (TPSA) is 91.8 Å². The van der Waals surface area contributed by atoms with Crippen molar-refractivity contribution >= 4 is 35.6 Å². The highest BCUT2D eigenvalue weighted by Gasteiger charge is 2.14. The van der Waals surface area contributed by atoms with Gasteiger partial charge in [-0.2, -0.15) is 5.10 Å². The molecule has 3 rings (SSSR count). The van der Waals surface area contributed by atoms with Crippen LogP contribution in [0.5, 0.6) is 0 Å². The Labute approximate surface area is 165 Å². The number of aryl methyl sites for hydroxylation is 1. The van der Waals surface area contributed by atoms with Gasteiger partial charge >= 0.3 is 0 Å². The lowest BCUT2D eigenvalue weighted by Gasteiger charge is -2.10. The number of hydrogen-bond acceptors (Lipinski definition) is 4. The highest BCUT2D eigenvalue weighted by molar-refractivity contribution is 7.71. The molecule has 138 valence electrons. The van der Waals surface area contributed by atoms with E-state index in [2.05, 4.69) is 21.0 Å². The van der Waals surface area contributed by atoms with E-state index in [1.54, 1.807) is 36.4 Å². The first kappa shape index (κ1) is 18.8. The van der Waals surface area contributed by atoms with Crippen molar-refractivity contribution in [3.63, 3.8) is 0 Å². The maximum absolute atomic E-state index is 12.3. The third-order valence-electron chi connectivity index (χ3n) is 3.87. The molecule has 0 aliphatic carbocycles. The van der Waals surface area contributed by atoms with Crippen molar-refractivity contribution in [3.8, 4) is 11.4 Å². The maximum atomic E-state index is 12.3. The number of benzene rings is 2. The van der Waals surface area contributed by atoms with E-state index >= 15 is 0 Å². The summed E-state index contributed by atoms with van der Waals surface area (Å²) in [5.74, 6) is -0.336. The lowest BCUT2D eigenvalue weighted by Crippen LogP contribution is -2.43. The molecular formula is C18H16ClN5O2S. The van der Waals surface area contributed by atoms with E-state index in [9.17, 15) is 9.59 Å². The second-order valence-electron chi connectivity index (χ2n) is 5.76. The number of amides is 2. The van der Waals surface area contributed by atoms with Gasteiger partial charge in [0.25, 0.3) is 11.8 Å². The van der Waals surface area contributed by atoms with Gasteiger partial charge in [0.15, 0.2) is 10.6 Å². The molecule has 3 aromatic rings. The van der Waals surface area contributed by atoms with Crippen molar-refractivity contribution in [2.45, 2.75) is 13.5 Å². The summed E-state index contributed by atoms with van der Waals surface area (Å²) in [5.41, 5.74) is 6.85. The minimum absolute atomic E-state index is 0.110. The number of hydrazine groups is 1. The number of nitrogens with zero attached hydrogens (tertiary/aromatic N) is 2. The lowest BCUT2D eigenvalue weighted by molar-refractivity contribution is -0.122. The zero-order chi connectivity index (χ0) is 19.4. The Morgan fingerprint density at radius 3 is 2.56 bits per heavy atom. The van der Waals surface area contributed by atoms with Crippen molar-refractivity contribution in [2.24, 2.45) is 0 Å². The van der Waals surface area contributed by atoms with Crippen LogP contribution < -0.4 is 10.9 Å². The van der Waals surface area contributed by atoms with E-state index in [1.165, 1.54) is 4.57 Å². The first-order valence-electron chi connectivity index (χ1n) is 8.01. The van der Waals surface area contributed by atoms with Crippen molar-refractivity contribution in [2.75, 3.05) is 0 Å². The minimum atomic E-state index is -0.440. The summed E-state index contributed by atoms with van der Waals surface area (Å²) in [6, 6.07) is 14.1. The molecule has 0 spiro atoms. The quantitative estimate of drug-likeness (QED) is 0.463. The Morgan fingerprint density at radius 2 is 1.85 bits per heavy atom. The third-order valence-corrected chi connectivity index (χ3v) is 4.43. The number of hydrogen-bond donors (Lipinski definition) is 3. The molecule has 0 saturated heterocycles. The van der Waals surface area contributed by atoms with Crippen LogP contribution in [-0.4, -0.2) is 26.6 Å². The maximum Gasteiger partial charge on any atom is 0.269 e. The highest BCUT2D eigenvalue weighted by Crippen LogP contribution is 2.19. The van der Waals surface area contributed by atoms with Gasteiger partial charge in [0.1, 0.15) is 6.54 Å². The molecule has 2 amide bonds. The van der Waals surface area contributed by atoms with Crippen molar-refractivity contribution in [3.05, 3.63) is 69.5 Å². The monoisotopic (exact) mass is 401 g/mol. The summed E-state index contributed by atoms with van der Waals surface area (Å²) in [6.45, 7) is 1.71. The van der Waals surface area contributed by atoms with Crippen molar-refractivity contribution < 1.29 is 9.59 Å². The summed E-state index contributed by atoms with van der Waals surface area (Å²) in [5, 5.41) is 7.42. The van der Waals surface area contributed by atoms with Gasteiger partial charge in [-0.25, -0.2) is 0 Å². The summed E-state index contributed by atoms with van der Waals surface area (Å²) in [7, 11) is 0. The number of H-pyrrole nitrogens is 1. The SMILES string of the molecule is Cc1ccccc1C(=O)NNC(=O)Cn1c(-c2ccc(Cl)cc2)n[nH]c1=S. The number of halogens is 1. The normalized spacial score (nSPS) is 10.4. The fourth-order valence-corrected chi connectivity index (χ4v) is 2.81. The van der Waals surface area contributed by atoms with Crippen molar-refractivity contribution in [1.82, 2.24) is 25.6 Å². The summed E-state index contributed by atoms with van der Waals surface area (Å²) >= 11 is 11.1. The van der Waals surface area contributed by atoms with E-state index in [1.807, 2.05) is 19.1 Å². The minimum Gasteiger partial charge on any atom is -0.291 e. The summed E-state index contributed by atoms with van der Waals surface area (Å²) in [6.07, 6.45) is 0. The lowest BCUT2D eigenvalue weighted by atomic mass is 10.1. The van der Waals surface area contributed by atoms with Gasteiger partial charge in [-0.05, 0) is 55.0 Å². The van der Waals surface area contributed by atoms with Crippen LogP contribution in [0.15, 0.2) is 48.5 Å². The van der Waals surface area contributed by atoms with Gasteiger partial charge in [-0.15, -0.1) is 0 Å². The molecule has 0 fully saturated rings. The first-order valence-corrected chi connectivity index (χ1v) is 8.80. The van der Waals surface area contributed by atoms with Crippen LogP contribution in [0.2, 0.25) is 5.02 Å². The van der Waals surface area contributed by atoms with Crippen LogP contribution in [0.1, 0.15) is 15.9 Å². The molecule has 3 N–H and O–H groups in total. The Bertz CT molecular complexity index is 1040. The molecular weight excluding hydrogens is 386 g/mol. The van der Waals surface area contributed by atoms with E-state index in [0.29, 0.717) is 21.2 Å². The molecule has 9 heteroatoms. The van der Waals surface area contributed by atoms with Crippen molar-refractivity contribution in [1.29, 1.82) is 0 Å². The second-order valence-corrected chi connectivity index (χ2v) is 6.59. The van der Waals surface area contributed by atoms with Gasteiger partial charge in [0.2, 0.25) is 0 Å². The number of nitrogens with one attached hydrogen (secondary N) is 3. The number of rotatable bonds is 4. The van der Waals surface area contributed by atoms with Crippen LogP contribution >= 0.6 is 23.8 Å². The van der Waals surface area contributed by atoms with Gasteiger partial charge < -0.3 is 0 Å². The number of carbonyl (C=O) groups excluding carboxylic acids is 2. The summed E-state index contributed by atoms with van der Waals surface area (Å²) in [4.78, 5) is 24.4. The van der Waals surface area contributed by atoms with E-state index in [4.69, 9.17) is 23.8 Å². The predicted molar refractivity (Wildman–Crippen MR) is 105 cm³/mol. The standard InChI is InChI=1S/C18H16ClN5O2S/c1-11-4-2-3-5-14(11)17(26)22-20-15(25)10-24-16(21-23-18(24)27)12-6-8-13(19)9-7-12/h2-9H,10H2,1H3,(H,20,25)(H,22,26)(H,23,27). The fourth-order valence-electron chi connectivity index (χ4n) is 2.49. The van der Waals surface area contributed by atoms with Gasteiger partial charge in [0, 0.05) is 16.1 Å². The molecule has 27 heavy (non-hydrogen) atoms. The molecule has 0 aliphatic rings. The van der Waals surface area contributed by atoms with Crippen LogP contribution in [0.25, 0.3) is 11.4 Å². The fraction of sp³-hybridized carbons (Fsp3) is 0.111. The number of aromatic amines is 1. The molecule has 0 radical (unpaired) electrons. The average molecular weight is 402 g/mol. The van der Waals surface area contributed by atoms with Crippen LogP contribution in [-0.2, 0) is 11.3 Å². The second kappa shape index (κ2) is 8.15.